The first-order valence-corrected chi connectivity index (χ1v) is 14.0. The van der Waals surface area contributed by atoms with Gasteiger partial charge >= 0.3 is 11.9 Å². The number of nitrogens with one attached hydrogen (secondary N) is 3. The molecule has 1 saturated heterocycles. The molecule has 1 aliphatic heterocycles. The average Bonchev–Trinajstić information content (AvgIpc) is 3.43. The molecule has 2 heterocycles. The van der Waals surface area contributed by atoms with Crippen molar-refractivity contribution in [3.05, 3.63) is 36.2 Å². The summed E-state index contributed by atoms with van der Waals surface area (Å²) in [6.07, 6.45) is 9.92. The van der Waals surface area contributed by atoms with Crippen LogP contribution in [0.2, 0.25) is 0 Å². The summed E-state index contributed by atoms with van der Waals surface area (Å²) in [5.74, 6) is -0.668. The van der Waals surface area contributed by atoms with E-state index in [-0.39, 0.29) is 5.75 Å². The number of carboxylic acids is 2. The molecule has 0 amide bonds. The number of carboxylic acid groups (broad SMARTS) is 2. The number of anilines is 4. The van der Waals surface area contributed by atoms with Gasteiger partial charge < -0.3 is 30.9 Å². The number of hydrogen-bond acceptors (Lipinski definition) is 10. The quantitative estimate of drug-likeness (QED) is 0.228. The number of ether oxygens (including phenoxy) is 1. The van der Waals surface area contributed by atoms with Crippen molar-refractivity contribution in [3.8, 4) is 5.75 Å². The van der Waals surface area contributed by atoms with Crippen LogP contribution in [0.1, 0.15) is 51.9 Å². The van der Waals surface area contributed by atoms with Gasteiger partial charge in [-0.25, -0.2) is 14.0 Å². The molecule has 1 aromatic carbocycles. The zero-order valence-corrected chi connectivity index (χ0v) is 23.6. The van der Waals surface area contributed by atoms with Crippen molar-refractivity contribution in [1.29, 1.82) is 0 Å². The first-order valence-electron chi connectivity index (χ1n) is 14.0. The standard InChI is InChI=1S/C24H36FN7O.C4H4O4/c1-3-32-13-7-10-19(32)16-27-23-29-22(26-15-17-8-5-4-6-9-17)30-24(31-23)28-18-11-12-21(33-2)20(25)14-18;5-3(6)1-2-4(7)8/h11-12,14,17,19H,3-10,13,15-16H2,1-2H3,(H3,26,27,28,29,30,31);1-2H,(H,5,6)(H,7,8)/b;2-1+. The first kappa shape index (κ1) is 31.5. The number of hydrogen-bond donors (Lipinski definition) is 5. The van der Waals surface area contributed by atoms with E-state index in [4.69, 9.17) is 14.9 Å². The van der Waals surface area contributed by atoms with Gasteiger partial charge in [0.05, 0.1) is 7.11 Å². The molecule has 1 saturated carbocycles. The van der Waals surface area contributed by atoms with Crippen LogP contribution in [0, 0.1) is 11.7 Å². The van der Waals surface area contributed by atoms with Crippen molar-refractivity contribution < 1.29 is 28.9 Å². The second-order valence-corrected chi connectivity index (χ2v) is 9.98. The molecule has 41 heavy (non-hydrogen) atoms. The van der Waals surface area contributed by atoms with Crippen LogP contribution in [0.4, 0.5) is 27.9 Å². The molecule has 5 N–H and O–H groups in total. The number of methoxy groups -OCH3 is 1. The Morgan fingerprint density at radius 2 is 1.61 bits per heavy atom. The van der Waals surface area contributed by atoms with E-state index in [0.717, 1.165) is 26.2 Å². The Labute approximate surface area is 239 Å². The molecule has 224 valence electrons. The molecule has 0 radical (unpaired) electrons. The fourth-order valence-corrected chi connectivity index (χ4v) is 4.98. The van der Waals surface area contributed by atoms with Crippen LogP contribution in [0.5, 0.6) is 5.75 Å². The molecule has 0 bridgehead atoms. The predicted octanol–water partition coefficient (Wildman–Crippen LogP) is 4.36. The first-order chi connectivity index (χ1) is 19.8. The third-order valence-corrected chi connectivity index (χ3v) is 7.09. The summed E-state index contributed by atoms with van der Waals surface area (Å²) in [5.41, 5.74) is 0.552. The van der Waals surface area contributed by atoms with Crippen LogP contribution >= 0.6 is 0 Å². The zero-order valence-electron chi connectivity index (χ0n) is 23.6. The Hall–Kier alpha value is -4.00. The van der Waals surface area contributed by atoms with Gasteiger partial charge in [-0.05, 0) is 56.8 Å². The van der Waals surface area contributed by atoms with Crippen molar-refractivity contribution in [2.45, 2.75) is 57.9 Å². The lowest BCUT2D eigenvalue weighted by Crippen LogP contribution is -2.35. The molecule has 12 nitrogen and oxygen atoms in total. The summed E-state index contributed by atoms with van der Waals surface area (Å²) in [7, 11) is 1.45. The maximum atomic E-state index is 14.2. The molecule has 1 unspecified atom stereocenters. The van der Waals surface area contributed by atoms with E-state index < -0.39 is 17.8 Å². The smallest absolute Gasteiger partial charge is 0.328 e. The molecule has 2 aliphatic rings. The predicted molar refractivity (Wildman–Crippen MR) is 154 cm³/mol. The molecule has 1 aliphatic carbocycles. The van der Waals surface area contributed by atoms with Gasteiger partial charge in [-0.3, -0.25) is 4.90 Å². The van der Waals surface area contributed by atoms with E-state index in [1.54, 1.807) is 12.1 Å². The number of nitrogens with zero attached hydrogens (tertiary/aromatic N) is 4. The number of aromatic nitrogens is 3. The van der Waals surface area contributed by atoms with Crippen molar-refractivity contribution in [3.63, 3.8) is 0 Å². The van der Waals surface area contributed by atoms with Crippen LogP contribution in [0.15, 0.2) is 30.4 Å². The minimum absolute atomic E-state index is 0.199. The summed E-state index contributed by atoms with van der Waals surface area (Å²) in [4.78, 5) is 35.3. The molecule has 2 aromatic rings. The molecule has 1 aromatic heterocycles. The monoisotopic (exact) mass is 573 g/mol. The van der Waals surface area contributed by atoms with Crippen molar-refractivity contribution in [2.75, 3.05) is 49.2 Å². The molecule has 4 rings (SSSR count). The lowest BCUT2D eigenvalue weighted by Gasteiger charge is -2.23. The number of likely N-dealkylation sites (N-methyl/N-ethyl adjacent to an activating group) is 1. The Bertz CT molecular complexity index is 1160. The lowest BCUT2D eigenvalue weighted by atomic mass is 9.89. The number of likely N-dealkylation sites (tertiary alicyclic amines) is 1. The lowest BCUT2D eigenvalue weighted by molar-refractivity contribution is -0.134. The van der Waals surface area contributed by atoms with Gasteiger partial charge in [0.25, 0.3) is 0 Å². The van der Waals surface area contributed by atoms with Crippen molar-refractivity contribution in [1.82, 2.24) is 19.9 Å². The molecule has 0 spiro atoms. The van der Waals surface area contributed by atoms with Crippen LogP contribution in [0.25, 0.3) is 0 Å². The maximum Gasteiger partial charge on any atom is 0.328 e. The summed E-state index contributed by atoms with van der Waals surface area (Å²) in [6.45, 7) is 6.03. The van der Waals surface area contributed by atoms with Gasteiger partial charge in [-0.1, -0.05) is 26.2 Å². The number of benzene rings is 1. The number of halogens is 1. The van der Waals surface area contributed by atoms with Crippen LogP contribution in [0.3, 0.4) is 0 Å². The van der Waals surface area contributed by atoms with Gasteiger partial charge in [-0.15, -0.1) is 0 Å². The van der Waals surface area contributed by atoms with E-state index >= 15 is 0 Å². The Morgan fingerprint density at radius 3 is 2.20 bits per heavy atom. The van der Waals surface area contributed by atoms with Crippen molar-refractivity contribution >= 4 is 35.5 Å². The van der Waals surface area contributed by atoms with Gasteiger partial charge in [0, 0.05) is 43.0 Å². The van der Waals surface area contributed by atoms with Crippen molar-refractivity contribution in [2.24, 2.45) is 5.92 Å². The van der Waals surface area contributed by atoms with Gasteiger partial charge in [0.1, 0.15) is 0 Å². The third kappa shape index (κ3) is 10.8. The maximum absolute atomic E-state index is 14.2. The van der Waals surface area contributed by atoms with Gasteiger partial charge in [0.15, 0.2) is 11.6 Å². The SMILES string of the molecule is CCN1CCCC1CNc1nc(NCC2CCCCC2)nc(Nc2ccc(OC)c(F)c2)n1.O=C(O)/C=C/C(=O)O. The Morgan fingerprint density at radius 1 is 0.976 bits per heavy atom. The molecular weight excluding hydrogens is 533 g/mol. The van der Waals surface area contributed by atoms with E-state index in [2.05, 4.69) is 42.7 Å². The third-order valence-electron chi connectivity index (χ3n) is 7.09. The molecular formula is C28H40FN7O5. The highest BCUT2D eigenvalue weighted by Crippen LogP contribution is 2.25. The van der Waals surface area contributed by atoms with Gasteiger partial charge in [-0.2, -0.15) is 15.0 Å². The van der Waals surface area contributed by atoms with E-state index in [9.17, 15) is 14.0 Å². The molecule has 2 fully saturated rings. The summed E-state index contributed by atoms with van der Waals surface area (Å²) in [5, 5.41) is 25.6. The Kier molecular flexibility index (Phi) is 12.5. The van der Waals surface area contributed by atoms with E-state index in [1.165, 1.54) is 58.1 Å². The highest BCUT2D eigenvalue weighted by molar-refractivity contribution is 5.89. The highest BCUT2D eigenvalue weighted by Gasteiger charge is 2.23. The number of carbonyl (C=O) groups is 2. The number of rotatable bonds is 12. The van der Waals surface area contributed by atoms with Crippen LogP contribution in [-0.4, -0.2) is 81.3 Å². The Balaban J connectivity index is 0.000000507. The average molecular weight is 574 g/mol. The van der Waals surface area contributed by atoms with Gasteiger partial charge in [0.2, 0.25) is 17.8 Å². The summed E-state index contributed by atoms with van der Waals surface area (Å²) in [6, 6.07) is 5.19. The molecule has 1 atom stereocenters. The molecule has 13 heteroatoms. The second-order valence-electron chi connectivity index (χ2n) is 9.98. The fourth-order valence-electron chi connectivity index (χ4n) is 4.98. The topological polar surface area (TPSA) is 162 Å². The van der Waals surface area contributed by atoms with Crippen LogP contribution in [-0.2, 0) is 9.59 Å². The van der Waals surface area contributed by atoms with E-state index in [1.807, 2.05) is 0 Å². The fraction of sp³-hybridized carbons (Fsp3) is 0.536. The summed E-state index contributed by atoms with van der Waals surface area (Å²) >= 11 is 0. The largest absolute Gasteiger partial charge is 0.494 e. The highest BCUT2D eigenvalue weighted by atomic mass is 19.1. The zero-order chi connectivity index (χ0) is 29.6. The second kappa shape index (κ2) is 16.3. The van der Waals surface area contributed by atoms with E-state index in [0.29, 0.717) is 47.6 Å². The van der Waals surface area contributed by atoms with Crippen LogP contribution < -0.4 is 20.7 Å². The minimum atomic E-state index is -1.26. The summed E-state index contributed by atoms with van der Waals surface area (Å²) < 4.78 is 19.2. The number of aliphatic carboxylic acids is 2. The minimum Gasteiger partial charge on any atom is -0.494 e. The normalized spacial score (nSPS) is 17.5.